The van der Waals surface area contributed by atoms with Crippen molar-refractivity contribution in [3.8, 4) is 0 Å². The fourth-order valence-electron chi connectivity index (χ4n) is 1.95. The van der Waals surface area contributed by atoms with E-state index in [0.717, 1.165) is 42.7 Å². The topological polar surface area (TPSA) is 37.8 Å². The lowest BCUT2D eigenvalue weighted by Crippen LogP contribution is -2.17. The number of nitrogens with one attached hydrogen (secondary N) is 1. The number of fused-ring (bicyclic) bond motifs is 1. The number of benzene rings is 1. The molecule has 2 rings (SSSR count). The van der Waals surface area contributed by atoms with Crippen LogP contribution in [0.5, 0.6) is 0 Å². The van der Waals surface area contributed by atoms with Gasteiger partial charge in [0.25, 0.3) is 0 Å². The van der Waals surface area contributed by atoms with Gasteiger partial charge < -0.3 is 5.32 Å². The summed E-state index contributed by atoms with van der Waals surface area (Å²) in [5, 5.41) is 3.43. The second kappa shape index (κ2) is 7.00. The lowest BCUT2D eigenvalue weighted by molar-refractivity contribution is 0.705. The normalized spacial score (nSPS) is 12.0. The molecule has 0 saturated carbocycles. The van der Waals surface area contributed by atoms with Gasteiger partial charge in [-0.2, -0.15) is 0 Å². The Hall–Kier alpha value is -1.74. The molecule has 0 bridgehead atoms. The van der Waals surface area contributed by atoms with Crippen molar-refractivity contribution in [3.05, 3.63) is 41.7 Å². The zero-order chi connectivity index (χ0) is 13.5. The first-order valence-electron chi connectivity index (χ1n) is 6.95. The van der Waals surface area contributed by atoms with Gasteiger partial charge in [0.2, 0.25) is 0 Å². The Kier molecular flexibility index (Phi) is 5.04. The molecule has 0 amide bonds. The molecule has 1 aromatic carbocycles. The largest absolute Gasteiger partial charge is 0.313 e. The summed E-state index contributed by atoms with van der Waals surface area (Å²) in [7, 11) is 0. The molecule has 1 heterocycles. The highest BCUT2D eigenvalue weighted by Crippen LogP contribution is 2.11. The molecule has 0 radical (unpaired) electrons. The van der Waals surface area contributed by atoms with Gasteiger partial charge in [0.1, 0.15) is 0 Å². The molecule has 0 saturated heterocycles. The van der Waals surface area contributed by atoms with Crippen LogP contribution in [0.4, 0.5) is 0 Å². The van der Waals surface area contributed by atoms with Crippen molar-refractivity contribution in [1.29, 1.82) is 0 Å². The van der Waals surface area contributed by atoms with Crippen LogP contribution in [0.1, 0.15) is 32.4 Å². The number of para-hydroxylation sites is 2. The molecule has 0 atom stereocenters. The smallest absolute Gasteiger partial charge is 0.0894 e. The van der Waals surface area contributed by atoms with Crippen LogP contribution in [0.2, 0.25) is 0 Å². The molecule has 3 nitrogen and oxygen atoms in total. The molecule has 1 N–H and O–H groups in total. The molecule has 0 aliphatic rings. The third-order valence-electron chi connectivity index (χ3n) is 3.05. The summed E-state index contributed by atoms with van der Waals surface area (Å²) in [5.41, 5.74) is 4.20. The third-order valence-corrected chi connectivity index (χ3v) is 3.05. The zero-order valence-corrected chi connectivity index (χ0v) is 11.7. The second-order valence-electron chi connectivity index (χ2n) is 4.62. The van der Waals surface area contributed by atoms with E-state index >= 15 is 0 Å². The zero-order valence-electron chi connectivity index (χ0n) is 11.7. The van der Waals surface area contributed by atoms with Crippen LogP contribution in [-0.2, 0) is 0 Å². The number of hydrogen-bond acceptors (Lipinski definition) is 3. The summed E-state index contributed by atoms with van der Waals surface area (Å²) in [6.45, 7) is 6.34. The molecule has 0 aliphatic heterocycles. The van der Waals surface area contributed by atoms with Gasteiger partial charge in [-0.25, -0.2) is 4.98 Å². The Morgan fingerprint density at radius 1 is 1.21 bits per heavy atom. The minimum absolute atomic E-state index is 0.929. The van der Waals surface area contributed by atoms with E-state index in [0.29, 0.717) is 0 Å². The van der Waals surface area contributed by atoms with Crippen molar-refractivity contribution >= 4 is 17.1 Å². The van der Waals surface area contributed by atoms with E-state index in [1.165, 1.54) is 5.57 Å². The molecule has 0 spiro atoms. The second-order valence-corrected chi connectivity index (χ2v) is 4.62. The lowest BCUT2D eigenvalue weighted by atomic mass is 10.1. The maximum absolute atomic E-state index is 4.62. The van der Waals surface area contributed by atoms with Crippen molar-refractivity contribution < 1.29 is 0 Å². The number of aromatic nitrogens is 2. The van der Waals surface area contributed by atoms with E-state index < -0.39 is 0 Å². The summed E-state index contributed by atoms with van der Waals surface area (Å²) in [5.74, 6) is 0. The first-order chi connectivity index (χ1) is 9.33. The van der Waals surface area contributed by atoms with E-state index in [1.54, 1.807) is 0 Å². The van der Waals surface area contributed by atoms with Crippen molar-refractivity contribution in [2.45, 2.75) is 26.7 Å². The third kappa shape index (κ3) is 3.86. The van der Waals surface area contributed by atoms with E-state index in [1.807, 2.05) is 30.5 Å². The van der Waals surface area contributed by atoms with Gasteiger partial charge in [0.15, 0.2) is 0 Å². The Balaban J connectivity index is 2.17. The summed E-state index contributed by atoms with van der Waals surface area (Å²) >= 11 is 0. The highest BCUT2D eigenvalue weighted by molar-refractivity contribution is 5.74. The number of nitrogens with zero attached hydrogens (tertiary/aromatic N) is 2. The minimum Gasteiger partial charge on any atom is -0.313 e. The Morgan fingerprint density at radius 2 is 2.00 bits per heavy atom. The van der Waals surface area contributed by atoms with Gasteiger partial charge in [0, 0.05) is 6.54 Å². The quantitative estimate of drug-likeness (QED) is 0.804. The predicted octanol–water partition coefficient (Wildman–Crippen LogP) is 3.42. The Labute approximate surface area is 114 Å². The van der Waals surface area contributed by atoms with E-state index in [-0.39, 0.29) is 0 Å². The van der Waals surface area contributed by atoms with Gasteiger partial charge in [-0.05, 0) is 37.6 Å². The van der Waals surface area contributed by atoms with Gasteiger partial charge in [-0.3, -0.25) is 4.98 Å². The summed E-state index contributed by atoms with van der Waals surface area (Å²) in [6.07, 6.45) is 6.18. The number of rotatable bonds is 6. The maximum atomic E-state index is 4.62. The van der Waals surface area contributed by atoms with Crippen molar-refractivity contribution in [2.75, 3.05) is 13.1 Å². The molecule has 19 heavy (non-hydrogen) atoms. The van der Waals surface area contributed by atoms with E-state index in [4.69, 9.17) is 0 Å². The van der Waals surface area contributed by atoms with Crippen LogP contribution < -0.4 is 5.32 Å². The molecule has 0 unspecified atom stereocenters. The van der Waals surface area contributed by atoms with E-state index in [9.17, 15) is 0 Å². The first kappa shape index (κ1) is 13.7. The SMILES string of the molecule is CCCNCC(=Cc1cnc2ccccc2n1)CC. The summed E-state index contributed by atoms with van der Waals surface area (Å²) in [4.78, 5) is 9.06. The van der Waals surface area contributed by atoms with Crippen LogP contribution in [0, 0.1) is 0 Å². The standard InChI is InChI=1S/C16H21N3/c1-3-9-17-11-13(4-2)10-14-12-18-15-7-5-6-8-16(15)19-14/h5-8,10,12,17H,3-4,9,11H2,1-2H3. The van der Waals surface area contributed by atoms with Crippen LogP contribution in [0.15, 0.2) is 36.0 Å². The molecular formula is C16H21N3. The highest BCUT2D eigenvalue weighted by Gasteiger charge is 1.99. The van der Waals surface area contributed by atoms with Crippen LogP contribution in [0.25, 0.3) is 17.1 Å². The van der Waals surface area contributed by atoms with Gasteiger partial charge in [0.05, 0.1) is 22.9 Å². The van der Waals surface area contributed by atoms with Crippen LogP contribution in [0.3, 0.4) is 0 Å². The molecular weight excluding hydrogens is 234 g/mol. The fraction of sp³-hybridized carbons (Fsp3) is 0.375. The van der Waals surface area contributed by atoms with Crippen molar-refractivity contribution in [2.24, 2.45) is 0 Å². The molecule has 3 heteroatoms. The average Bonchev–Trinajstić information content (AvgIpc) is 2.46. The Morgan fingerprint density at radius 3 is 2.74 bits per heavy atom. The van der Waals surface area contributed by atoms with Gasteiger partial charge >= 0.3 is 0 Å². The molecule has 1 aromatic heterocycles. The molecule has 0 fully saturated rings. The van der Waals surface area contributed by atoms with Gasteiger partial charge in [-0.1, -0.05) is 31.6 Å². The average molecular weight is 255 g/mol. The maximum Gasteiger partial charge on any atom is 0.0894 e. The first-order valence-corrected chi connectivity index (χ1v) is 6.95. The van der Waals surface area contributed by atoms with Crippen molar-refractivity contribution in [1.82, 2.24) is 15.3 Å². The summed E-state index contributed by atoms with van der Waals surface area (Å²) in [6, 6.07) is 7.96. The number of hydrogen-bond donors (Lipinski definition) is 1. The molecule has 2 aromatic rings. The van der Waals surface area contributed by atoms with Gasteiger partial charge in [-0.15, -0.1) is 0 Å². The highest BCUT2D eigenvalue weighted by atomic mass is 14.8. The lowest BCUT2D eigenvalue weighted by Gasteiger charge is -2.06. The monoisotopic (exact) mass is 255 g/mol. The molecule has 0 aliphatic carbocycles. The predicted molar refractivity (Wildman–Crippen MR) is 81.0 cm³/mol. The summed E-state index contributed by atoms with van der Waals surface area (Å²) < 4.78 is 0. The molecule has 100 valence electrons. The van der Waals surface area contributed by atoms with Crippen LogP contribution in [-0.4, -0.2) is 23.1 Å². The van der Waals surface area contributed by atoms with E-state index in [2.05, 4.69) is 35.2 Å². The van der Waals surface area contributed by atoms with Crippen molar-refractivity contribution in [3.63, 3.8) is 0 Å². The minimum atomic E-state index is 0.929. The Bertz CT molecular complexity index is 561. The fourth-order valence-corrected chi connectivity index (χ4v) is 1.95. The van der Waals surface area contributed by atoms with Crippen LogP contribution >= 0.6 is 0 Å².